The summed E-state index contributed by atoms with van der Waals surface area (Å²) in [6, 6.07) is 0. The summed E-state index contributed by atoms with van der Waals surface area (Å²) in [5.74, 6) is 1.25. The minimum atomic E-state index is 0.304. The lowest BCUT2D eigenvalue weighted by Crippen LogP contribution is -2.42. The van der Waals surface area contributed by atoms with Crippen molar-refractivity contribution in [1.82, 2.24) is 4.90 Å². The third kappa shape index (κ3) is 3.79. The topological polar surface area (TPSA) is 29.5 Å². The quantitative estimate of drug-likeness (QED) is 0.754. The first kappa shape index (κ1) is 14.0. The molecule has 0 aromatic rings. The van der Waals surface area contributed by atoms with E-state index in [1.54, 1.807) is 7.11 Å². The molecule has 1 unspecified atom stereocenters. The first-order chi connectivity index (χ1) is 8.81. The van der Waals surface area contributed by atoms with Crippen LogP contribution in [-0.2, 0) is 9.53 Å². The van der Waals surface area contributed by atoms with Crippen molar-refractivity contribution in [1.29, 1.82) is 0 Å². The van der Waals surface area contributed by atoms with Crippen molar-refractivity contribution in [3.8, 4) is 0 Å². The molecule has 0 radical (unpaired) electrons. The zero-order chi connectivity index (χ0) is 12.8. The zero-order valence-corrected chi connectivity index (χ0v) is 11.7. The largest absolute Gasteiger partial charge is 0.383 e. The number of nitrogens with zero attached hydrogens (tertiary/aromatic N) is 1. The minimum Gasteiger partial charge on any atom is -0.383 e. The second-order valence-electron chi connectivity index (χ2n) is 5.87. The molecular formula is C15H27NO2. The Morgan fingerprint density at radius 3 is 2.56 bits per heavy atom. The number of ketones is 1. The van der Waals surface area contributed by atoms with Crippen molar-refractivity contribution in [3.05, 3.63) is 0 Å². The van der Waals surface area contributed by atoms with E-state index in [-0.39, 0.29) is 0 Å². The van der Waals surface area contributed by atoms with Gasteiger partial charge in [0.2, 0.25) is 0 Å². The first-order valence-electron chi connectivity index (χ1n) is 7.56. The van der Waals surface area contributed by atoms with Gasteiger partial charge in [0.05, 0.1) is 6.61 Å². The molecule has 2 aliphatic rings. The summed E-state index contributed by atoms with van der Waals surface area (Å²) in [4.78, 5) is 14.9. The number of hydrogen-bond donors (Lipinski definition) is 0. The Bertz CT molecular complexity index is 261. The van der Waals surface area contributed by atoms with Gasteiger partial charge in [0.1, 0.15) is 5.78 Å². The van der Waals surface area contributed by atoms with Gasteiger partial charge in [0.25, 0.3) is 0 Å². The highest BCUT2D eigenvalue weighted by Gasteiger charge is 2.31. The molecular weight excluding hydrogens is 226 g/mol. The Hall–Kier alpha value is -0.410. The van der Waals surface area contributed by atoms with Gasteiger partial charge >= 0.3 is 0 Å². The van der Waals surface area contributed by atoms with E-state index >= 15 is 0 Å². The Labute approximate surface area is 111 Å². The molecule has 0 aromatic heterocycles. The summed E-state index contributed by atoms with van der Waals surface area (Å²) >= 11 is 0. The van der Waals surface area contributed by atoms with Crippen molar-refractivity contribution < 1.29 is 9.53 Å². The van der Waals surface area contributed by atoms with Crippen LogP contribution in [0.15, 0.2) is 0 Å². The predicted octanol–water partition coefficient (Wildman–Crippen LogP) is 2.49. The van der Waals surface area contributed by atoms with Crippen molar-refractivity contribution in [2.75, 3.05) is 33.4 Å². The molecule has 1 aliphatic heterocycles. The Balaban J connectivity index is 1.81. The van der Waals surface area contributed by atoms with Crippen LogP contribution in [0.1, 0.15) is 44.9 Å². The van der Waals surface area contributed by atoms with Gasteiger partial charge < -0.3 is 9.64 Å². The van der Waals surface area contributed by atoms with Crippen LogP contribution in [0.4, 0.5) is 0 Å². The highest BCUT2D eigenvalue weighted by atomic mass is 16.5. The van der Waals surface area contributed by atoms with Gasteiger partial charge in [-0.05, 0) is 32.2 Å². The smallest absolute Gasteiger partial charge is 0.140 e. The summed E-state index contributed by atoms with van der Waals surface area (Å²) < 4.78 is 5.13. The molecule has 3 nitrogen and oxygen atoms in total. The molecule has 0 N–H and O–H groups in total. The number of likely N-dealkylation sites (tertiary alicyclic amines) is 1. The van der Waals surface area contributed by atoms with Gasteiger partial charge in [-0.15, -0.1) is 0 Å². The highest BCUT2D eigenvalue weighted by Crippen LogP contribution is 2.29. The van der Waals surface area contributed by atoms with E-state index in [1.807, 2.05) is 0 Å². The number of methoxy groups -OCH3 is 1. The van der Waals surface area contributed by atoms with Gasteiger partial charge in [-0.2, -0.15) is 0 Å². The van der Waals surface area contributed by atoms with Crippen molar-refractivity contribution >= 4 is 5.78 Å². The van der Waals surface area contributed by atoms with Crippen LogP contribution in [0.25, 0.3) is 0 Å². The van der Waals surface area contributed by atoms with E-state index in [9.17, 15) is 4.79 Å². The van der Waals surface area contributed by atoms with E-state index in [1.165, 1.54) is 25.7 Å². The first-order valence-corrected chi connectivity index (χ1v) is 7.56. The fraction of sp³-hybridized carbons (Fsp3) is 0.933. The molecule has 0 aromatic carbocycles. The molecule has 1 saturated heterocycles. The molecule has 1 saturated carbocycles. The predicted molar refractivity (Wildman–Crippen MR) is 72.6 cm³/mol. The fourth-order valence-corrected chi connectivity index (χ4v) is 3.43. The SMILES string of the molecule is COCCN1CCCC(C(=O)C2CCCCC2)C1. The summed E-state index contributed by atoms with van der Waals surface area (Å²) in [7, 11) is 1.74. The number of carbonyl (C=O) groups excluding carboxylic acids is 1. The third-order valence-electron chi connectivity index (χ3n) is 4.53. The number of rotatable bonds is 5. The average Bonchev–Trinajstić information content (AvgIpc) is 2.45. The van der Waals surface area contributed by atoms with Crippen LogP contribution < -0.4 is 0 Å². The molecule has 1 heterocycles. The molecule has 1 atom stereocenters. The van der Waals surface area contributed by atoms with Crippen molar-refractivity contribution in [3.63, 3.8) is 0 Å². The molecule has 0 bridgehead atoms. The number of carbonyl (C=O) groups is 1. The van der Waals surface area contributed by atoms with Crippen LogP contribution >= 0.6 is 0 Å². The van der Waals surface area contributed by atoms with Gasteiger partial charge in [-0.25, -0.2) is 0 Å². The zero-order valence-electron chi connectivity index (χ0n) is 11.7. The van der Waals surface area contributed by atoms with E-state index in [2.05, 4.69) is 4.90 Å². The number of Topliss-reactive ketones (excluding diaryl/α,β-unsaturated/α-hetero) is 1. The summed E-state index contributed by atoms with van der Waals surface area (Å²) in [6.07, 6.45) is 8.42. The van der Waals surface area contributed by atoms with Crippen molar-refractivity contribution in [2.24, 2.45) is 11.8 Å². The maximum atomic E-state index is 12.5. The molecule has 104 valence electrons. The minimum absolute atomic E-state index is 0.304. The fourth-order valence-electron chi connectivity index (χ4n) is 3.43. The van der Waals surface area contributed by atoms with Gasteiger partial charge in [-0.1, -0.05) is 19.3 Å². The summed E-state index contributed by atoms with van der Waals surface area (Å²) in [5, 5.41) is 0. The number of ether oxygens (including phenoxy) is 1. The van der Waals surface area contributed by atoms with Gasteiger partial charge in [0.15, 0.2) is 0 Å². The van der Waals surface area contributed by atoms with E-state index in [0.717, 1.165) is 45.5 Å². The van der Waals surface area contributed by atoms with E-state index in [4.69, 9.17) is 4.74 Å². The second kappa shape index (κ2) is 7.25. The Morgan fingerprint density at radius 1 is 1.11 bits per heavy atom. The van der Waals surface area contributed by atoms with Crippen LogP contribution in [-0.4, -0.2) is 44.0 Å². The van der Waals surface area contributed by atoms with E-state index in [0.29, 0.717) is 17.6 Å². The normalized spacial score (nSPS) is 27.3. The molecule has 1 aliphatic carbocycles. The van der Waals surface area contributed by atoms with Gasteiger partial charge in [0, 0.05) is 32.0 Å². The molecule has 0 spiro atoms. The lowest BCUT2D eigenvalue weighted by molar-refractivity contribution is -0.129. The molecule has 2 fully saturated rings. The Kier molecular flexibility index (Phi) is 5.64. The average molecular weight is 253 g/mol. The number of piperidine rings is 1. The van der Waals surface area contributed by atoms with Crippen LogP contribution in [0, 0.1) is 11.8 Å². The monoisotopic (exact) mass is 253 g/mol. The summed E-state index contributed by atoms with van der Waals surface area (Å²) in [6.45, 7) is 3.87. The Morgan fingerprint density at radius 2 is 1.83 bits per heavy atom. The van der Waals surface area contributed by atoms with Gasteiger partial charge in [-0.3, -0.25) is 4.79 Å². The second-order valence-corrected chi connectivity index (χ2v) is 5.87. The lowest BCUT2D eigenvalue weighted by Gasteiger charge is -2.34. The molecule has 2 rings (SSSR count). The van der Waals surface area contributed by atoms with E-state index < -0.39 is 0 Å². The van der Waals surface area contributed by atoms with Crippen LogP contribution in [0.5, 0.6) is 0 Å². The molecule has 18 heavy (non-hydrogen) atoms. The maximum Gasteiger partial charge on any atom is 0.140 e. The third-order valence-corrected chi connectivity index (χ3v) is 4.53. The lowest BCUT2D eigenvalue weighted by atomic mass is 9.79. The highest BCUT2D eigenvalue weighted by molar-refractivity contribution is 5.83. The molecule has 0 amide bonds. The standard InChI is InChI=1S/C15H27NO2/c1-18-11-10-16-9-5-8-14(12-16)15(17)13-6-3-2-4-7-13/h13-14H,2-12H2,1H3. The number of hydrogen-bond acceptors (Lipinski definition) is 3. The summed E-state index contributed by atoms with van der Waals surface area (Å²) in [5.41, 5.74) is 0. The van der Waals surface area contributed by atoms with Crippen LogP contribution in [0.2, 0.25) is 0 Å². The maximum absolute atomic E-state index is 12.5. The molecule has 3 heteroatoms. The van der Waals surface area contributed by atoms with Crippen molar-refractivity contribution in [2.45, 2.75) is 44.9 Å². The van der Waals surface area contributed by atoms with Crippen LogP contribution in [0.3, 0.4) is 0 Å².